The highest BCUT2D eigenvalue weighted by Gasteiger charge is 2.32. The zero-order valence-electron chi connectivity index (χ0n) is 18.1. The van der Waals surface area contributed by atoms with Crippen molar-refractivity contribution in [2.75, 3.05) is 6.61 Å². The molecule has 6 nitrogen and oxygen atoms in total. The minimum absolute atomic E-state index is 0.0141. The van der Waals surface area contributed by atoms with Crippen LogP contribution in [0.15, 0.2) is 6.07 Å². The molecule has 0 aliphatic heterocycles. The van der Waals surface area contributed by atoms with Gasteiger partial charge in [-0.3, -0.25) is 4.79 Å². The van der Waals surface area contributed by atoms with Gasteiger partial charge in [0.05, 0.1) is 5.39 Å². The van der Waals surface area contributed by atoms with E-state index in [9.17, 15) is 4.79 Å². The molecular formula is C22H34N4O2. The molecule has 154 valence electrons. The molecule has 0 spiro atoms. The third-order valence-electron chi connectivity index (χ3n) is 6.54. The Kier molecular flexibility index (Phi) is 5.96. The first-order valence-electron chi connectivity index (χ1n) is 10.4. The van der Waals surface area contributed by atoms with Gasteiger partial charge >= 0.3 is 0 Å². The van der Waals surface area contributed by atoms with Crippen LogP contribution in [-0.2, 0) is 11.8 Å². The van der Waals surface area contributed by atoms with E-state index in [1.165, 1.54) is 19.3 Å². The summed E-state index contributed by atoms with van der Waals surface area (Å²) in [5.74, 6) is 1.15. The van der Waals surface area contributed by atoms with Crippen LogP contribution in [-0.4, -0.2) is 33.3 Å². The fourth-order valence-electron chi connectivity index (χ4n) is 4.36. The van der Waals surface area contributed by atoms with Crippen LogP contribution in [0, 0.1) is 25.2 Å². The molecule has 6 heteroatoms. The molecule has 1 fully saturated rings. The summed E-state index contributed by atoms with van der Waals surface area (Å²) >= 11 is 0. The molecule has 3 rings (SSSR count). The second-order valence-corrected chi connectivity index (χ2v) is 8.95. The molecule has 1 N–H and O–H groups in total. The fourth-order valence-corrected chi connectivity index (χ4v) is 4.36. The average Bonchev–Trinajstić information content (AvgIpc) is 2.96. The Hall–Kier alpha value is -2.11. The first-order chi connectivity index (χ1) is 13.2. The number of fused-ring (bicyclic) bond motifs is 1. The number of ether oxygens (including phenoxy) is 1. The maximum absolute atomic E-state index is 12.4. The number of hydrogen-bond donors (Lipinski definition) is 1. The van der Waals surface area contributed by atoms with Crippen molar-refractivity contribution in [1.82, 2.24) is 20.1 Å². The first-order valence-corrected chi connectivity index (χ1v) is 10.4. The summed E-state index contributed by atoms with van der Waals surface area (Å²) in [6.07, 6.45) is 5.67. The van der Waals surface area contributed by atoms with Gasteiger partial charge in [-0.25, -0.2) is 9.67 Å². The van der Waals surface area contributed by atoms with E-state index in [4.69, 9.17) is 4.74 Å². The van der Waals surface area contributed by atoms with Gasteiger partial charge in [-0.15, -0.1) is 5.10 Å². The van der Waals surface area contributed by atoms with Crippen LogP contribution in [0.2, 0.25) is 0 Å². The topological polar surface area (TPSA) is 69.0 Å². The summed E-state index contributed by atoms with van der Waals surface area (Å²) in [5, 5.41) is 8.43. The molecule has 0 bridgehead atoms. The average molecular weight is 387 g/mol. The van der Waals surface area contributed by atoms with Crippen molar-refractivity contribution >= 4 is 16.9 Å². The van der Waals surface area contributed by atoms with E-state index < -0.39 is 0 Å². The molecule has 0 saturated heterocycles. The first kappa shape index (κ1) is 20.6. The zero-order chi connectivity index (χ0) is 20.5. The number of aryl methyl sites for hydroxylation is 3. The number of amides is 1. The van der Waals surface area contributed by atoms with E-state index in [0.29, 0.717) is 11.3 Å². The molecular weight excluding hydrogens is 352 g/mol. The summed E-state index contributed by atoms with van der Waals surface area (Å²) in [6, 6.07) is 2.26. The molecule has 1 amide bonds. The van der Waals surface area contributed by atoms with Crippen molar-refractivity contribution in [3.8, 4) is 5.88 Å². The number of carbonyl (C=O) groups is 1. The van der Waals surface area contributed by atoms with Crippen molar-refractivity contribution in [2.45, 2.75) is 72.8 Å². The maximum Gasteiger partial charge on any atom is 0.258 e. The SMILES string of the molecule is CCC(C)(C)C1CCC(NC(=O)COc2nn(C)c3nc(C)cc(C)c23)CC1. The smallest absolute Gasteiger partial charge is 0.258 e. The maximum atomic E-state index is 12.4. The second-order valence-electron chi connectivity index (χ2n) is 8.95. The Morgan fingerprint density at radius 2 is 1.96 bits per heavy atom. The Labute approximate surface area is 168 Å². The predicted molar refractivity (Wildman–Crippen MR) is 111 cm³/mol. The quantitative estimate of drug-likeness (QED) is 0.812. The number of carbonyl (C=O) groups excluding carboxylic acids is 1. The summed E-state index contributed by atoms with van der Waals surface area (Å²) in [6.45, 7) is 11.0. The van der Waals surface area contributed by atoms with Gasteiger partial charge in [0.1, 0.15) is 0 Å². The standard InChI is InChI=1S/C22H34N4O2/c1-7-22(4,5)16-8-10-17(11-9-16)24-18(27)13-28-21-19-14(2)12-15(3)23-20(19)26(6)25-21/h12,16-17H,7-11,13H2,1-6H3,(H,24,27). The molecule has 1 aliphatic carbocycles. The molecule has 1 saturated carbocycles. The lowest BCUT2D eigenvalue weighted by Crippen LogP contribution is -2.41. The van der Waals surface area contributed by atoms with Gasteiger partial charge in [0, 0.05) is 18.8 Å². The molecule has 1 aliphatic rings. The van der Waals surface area contributed by atoms with Crippen molar-refractivity contribution in [3.05, 3.63) is 17.3 Å². The predicted octanol–water partition coefficient (Wildman–Crippen LogP) is 4.08. The highest BCUT2D eigenvalue weighted by atomic mass is 16.5. The van der Waals surface area contributed by atoms with E-state index >= 15 is 0 Å². The molecule has 0 atom stereocenters. The number of aromatic nitrogens is 3. The van der Waals surface area contributed by atoms with Crippen LogP contribution in [0.4, 0.5) is 0 Å². The van der Waals surface area contributed by atoms with Crippen LogP contribution in [0.1, 0.15) is 64.1 Å². The Balaban J connectivity index is 1.55. The third-order valence-corrected chi connectivity index (χ3v) is 6.54. The Morgan fingerprint density at radius 1 is 1.29 bits per heavy atom. The highest BCUT2D eigenvalue weighted by molar-refractivity contribution is 5.85. The molecule has 0 unspecified atom stereocenters. The number of nitrogens with one attached hydrogen (secondary N) is 1. The van der Waals surface area contributed by atoms with Gasteiger partial charge in [0.25, 0.3) is 5.91 Å². The van der Waals surface area contributed by atoms with Crippen LogP contribution in [0.5, 0.6) is 5.88 Å². The van der Waals surface area contributed by atoms with Crippen molar-refractivity contribution in [2.24, 2.45) is 18.4 Å². The molecule has 0 aromatic carbocycles. The Bertz CT molecular complexity index is 848. The number of nitrogens with zero attached hydrogens (tertiary/aromatic N) is 3. The van der Waals surface area contributed by atoms with Gasteiger partial charge in [-0.2, -0.15) is 0 Å². The molecule has 28 heavy (non-hydrogen) atoms. The van der Waals surface area contributed by atoms with Gasteiger partial charge in [-0.05, 0) is 62.5 Å². The molecule has 2 heterocycles. The normalized spacial score (nSPS) is 20.4. The van der Waals surface area contributed by atoms with E-state index in [-0.39, 0.29) is 18.6 Å². The number of rotatable bonds is 6. The largest absolute Gasteiger partial charge is 0.466 e. The summed E-state index contributed by atoms with van der Waals surface area (Å²) in [4.78, 5) is 16.9. The van der Waals surface area contributed by atoms with Crippen molar-refractivity contribution in [3.63, 3.8) is 0 Å². The molecule has 2 aromatic heterocycles. The van der Waals surface area contributed by atoms with Gasteiger partial charge in [0.15, 0.2) is 12.3 Å². The number of hydrogen-bond acceptors (Lipinski definition) is 4. The lowest BCUT2D eigenvalue weighted by atomic mass is 9.69. The van der Waals surface area contributed by atoms with Crippen LogP contribution < -0.4 is 10.1 Å². The highest BCUT2D eigenvalue weighted by Crippen LogP contribution is 2.40. The Morgan fingerprint density at radius 3 is 2.61 bits per heavy atom. The fraction of sp³-hybridized carbons (Fsp3) is 0.682. The van der Waals surface area contributed by atoms with E-state index in [1.807, 2.05) is 27.0 Å². The monoisotopic (exact) mass is 386 g/mol. The lowest BCUT2D eigenvalue weighted by molar-refractivity contribution is -0.124. The van der Waals surface area contributed by atoms with Crippen LogP contribution >= 0.6 is 0 Å². The summed E-state index contributed by atoms with van der Waals surface area (Å²) in [5.41, 5.74) is 3.18. The van der Waals surface area contributed by atoms with Crippen LogP contribution in [0.25, 0.3) is 11.0 Å². The molecule has 2 aromatic rings. The van der Waals surface area contributed by atoms with E-state index in [0.717, 1.165) is 41.1 Å². The van der Waals surface area contributed by atoms with Crippen molar-refractivity contribution in [1.29, 1.82) is 0 Å². The van der Waals surface area contributed by atoms with Crippen LogP contribution in [0.3, 0.4) is 0 Å². The summed E-state index contributed by atoms with van der Waals surface area (Å²) < 4.78 is 7.48. The lowest BCUT2D eigenvalue weighted by Gasteiger charge is -2.39. The van der Waals surface area contributed by atoms with E-state index in [2.05, 4.69) is 36.2 Å². The minimum atomic E-state index is -0.0743. The van der Waals surface area contributed by atoms with Gasteiger partial charge in [0.2, 0.25) is 5.88 Å². The van der Waals surface area contributed by atoms with Gasteiger partial charge < -0.3 is 10.1 Å². The van der Waals surface area contributed by atoms with Gasteiger partial charge in [-0.1, -0.05) is 27.2 Å². The third kappa shape index (κ3) is 4.31. The molecule has 0 radical (unpaired) electrons. The zero-order valence-corrected chi connectivity index (χ0v) is 18.1. The summed E-state index contributed by atoms with van der Waals surface area (Å²) in [7, 11) is 1.84. The van der Waals surface area contributed by atoms with E-state index in [1.54, 1.807) is 4.68 Å². The number of pyridine rings is 1. The van der Waals surface area contributed by atoms with Crippen molar-refractivity contribution < 1.29 is 9.53 Å². The minimum Gasteiger partial charge on any atom is -0.466 e. The second kappa shape index (κ2) is 8.10.